The average molecular weight is 195 g/mol. The van der Waals surface area contributed by atoms with E-state index in [4.69, 9.17) is 0 Å². The standard InChI is InChI=1S/C7H14N3O2.Na/c11-8-10(12)9-6-4-2-1-3-5-7-9;/h1-7H2;/q-1;+1. The molecule has 0 bridgehead atoms. The smallest absolute Gasteiger partial charge is 0.724 e. The van der Waals surface area contributed by atoms with Crippen LogP contribution in [0.5, 0.6) is 0 Å². The van der Waals surface area contributed by atoms with E-state index in [2.05, 4.69) is 5.29 Å². The Morgan fingerprint density at radius 3 is 2.00 bits per heavy atom. The monoisotopic (exact) mass is 195 g/mol. The van der Waals surface area contributed by atoms with Gasteiger partial charge in [-0.15, -0.1) is 4.91 Å². The van der Waals surface area contributed by atoms with Gasteiger partial charge in [0.2, 0.25) is 0 Å². The van der Waals surface area contributed by atoms with Crippen LogP contribution in [0.15, 0.2) is 5.29 Å². The van der Waals surface area contributed by atoms with Crippen molar-refractivity contribution in [2.45, 2.75) is 32.1 Å². The van der Waals surface area contributed by atoms with Gasteiger partial charge in [0, 0.05) is 13.1 Å². The molecule has 1 rings (SSSR count). The zero-order valence-electron chi connectivity index (χ0n) is 8.11. The molecular weight excluding hydrogens is 181 g/mol. The molecule has 0 aromatic carbocycles. The van der Waals surface area contributed by atoms with Crippen LogP contribution in [0.2, 0.25) is 0 Å². The summed E-state index contributed by atoms with van der Waals surface area (Å²) in [6.07, 6.45) is 5.48. The molecule has 0 aromatic heterocycles. The molecule has 0 aliphatic carbocycles. The van der Waals surface area contributed by atoms with Crippen molar-refractivity contribution in [3.8, 4) is 0 Å². The fraction of sp³-hybridized carbons (Fsp3) is 1.00. The molecule has 0 unspecified atom stereocenters. The van der Waals surface area contributed by atoms with Gasteiger partial charge in [-0.1, -0.05) is 19.3 Å². The first kappa shape index (κ1) is 13.3. The number of hydrazine groups is 1. The van der Waals surface area contributed by atoms with Crippen molar-refractivity contribution in [2.24, 2.45) is 5.29 Å². The van der Waals surface area contributed by atoms with Gasteiger partial charge in [-0.05, 0) is 12.8 Å². The van der Waals surface area contributed by atoms with Gasteiger partial charge in [0.15, 0.2) is 0 Å². The van der Waals surface area contributed by atoms with E-state index in [-0.39, 0.29) is 34.8 Å². The molecule has 1 heterocycles. The third-order valence-corrected chi connectivity index (χ3v) is 2.14. The summed E-state index contributed by atoms with van der Waals surface area (Å²) in [7, 11) is 0. The number of rotatable bonds is 2. The maximum atomic E-state index is 10.8. The van der Waals surface area contributed by atoms with Gasteiger partial charge in [-0.3, -0.25) is 5.28 Å². The minimum atomic E-state index is 0. The average Bonchev–Trinajstić information content (AvgIpc) is 2.02. The third-order valence-electron chi connectivity index (χ3n) is 2.14. The molecule has 1 saturated heterocycles. The molecule has 0 radical (unpaired) electrons. The molecule has 0 N–H and O–H groups in total. The summed E-state index contributed by atoms with van der Waals surface area (Å²) < 4.78 is 0. The molecule has 70 valence electrons. The van der Waals surface area contributed by atoms with Gasteiger partial charge < -0.3 is 5.21 Å². The van der Waals surface area contributed by atoms with Crippen LogP contribution < -0.4 is 29.6 Å². The summed E-state index contributed by atoms with van der Waals surface area (Å²) in [5.74, 6) is 0. The maximum Gasteiger partial charge on any atom is 1.00 e. The predicted molar refractivity (Wildman–Crippen MR) is 45.7 cm³/mol. The summed E-state index contributed by atoms with van der Waals surface area (Å²) >= 11 is 0. The largest absolute Gasteiger partial charge is 1.00 e. The molecule has 0 spiro atoms. The minimum Gasteiger partial charge on any atom is -0.724 e. The van der Waals surface area contributed by atoms with Crippen LogP contribution in [0.4, 0.5) is 0 Å². The Morgan fingerprint density at radius 2 is 1.54 bits per heavy atom. The first-order valence-corrected chi connectivity index (χ1v) is 4.40. The normalized spacial score (nSPS) is 19.5. The second kappa shape index (κ2) is 7.70. The third kappa shape index (κ3) is 4.93. The van der Waals surface area contributed by atoms with Crippen LogP contribution in [-0.2, 0) is 0 Å². The Morgan fingerprint density at radius 1 is 1.08 bits per heavy atom. The first-order valence-electron chi connectivity index (χ1n) is 4.40. The molecule has 1 aliphatic heterocycles. The van der Waals surface area contributed by atoms with Crippen molar-refractivity contribution in [2.75, 3.05) is 13.1 Å². The molecule has 13 heavy (non-hydrogen) atoms. The molecule has 0 amide bonds. The van der Waals surface area contributed by atoms with Gasteiger partial charge in [0.25, 0.3) is 0 Å². The van der Waals surface area contributed by atoms with Gasteiger partial charge >= 0.3 is 29.6 Å². The number of hydrogen-bond donors (Lipinski definition) is 0. The van der Waals surface area contributed by atoms with E-state index in [1.165, 1.54) is 11.4 Å². The fourth-order valence-electron chi connectivity index (χ4n) is 1.45. The van der Waals surface area contributed by atoms with Crippen LogP contribution in [0.3, 0.4) is 0 Å². The molecule has 1 aliphatic rings. The summed E-state index contributed by atoms with van der Waals surface area (Å²) in [4.78, 5) is 9.92. The molecule has 0 aromatic rings. The van der Waals surface area contributed by atoms with Crippen LogP contribution in [0.25, 0.3) is 0 Å². The van der Waals surface area contributed by atoms with Crippen molar-refractivity contribution >= 4 is 0 Å². The zero-order valence-corrected chi connectivity index (χ0v) is 10.1. The van der Waals surface area contributed by atoms with E-state index in [1.54, 1.807) is 0 Å². The van der Waals surface area contributed by atoms with Crippen molar-refractivity contribution in [1.29, 1.82) is 0 Å². The van der Waals surface area contributed by atoms with E-state index < -0.39 is 0 Å². The van der Waals surface area contributed by atoms with Gasteiger partial charge in [0.1, 0.15) is 0 Å². The quantitative estimate of drug-likeness (QED) is 0.310. The minimum absolute atomic E-state index is 0. The molecule has 0 atom stereocenters. The molecule has 0 saturated carbocycles. The number of nitrogens with zero attached hydrogens (tertiary/aromatic N) is 3. The molecule has 6 heteroatoms. The Balaban J connectivity index is 0.00000144. The predicted octanol–water partition coefficient (Wildman–Crippen LogP) is -1.35. The van der Waals surface area contributed by atoms with Crippen molar-refractivity contribution in [3.05, 3.63) is 10.1 Å². The van der Waals surface area contributed by atoms with Crippen molar-refractivity contribution in [1.82, 2.24) is 10.3 Å². The topological polar surface area (TPSA) is 59.0 Å². The molecule has 1 fully saturated rings. The second-order valence-electron chi connectivity index (χ2n) is 3.06. The Labute approximate surface area is 100 Å². The SMILES string of the molecule is O=NN([O-])N1CCCCCCC1.[Na+]. The van der Waals surface area contributed by atoms with Gasteiger partial charge in [-0.2, -0.15) is 0 Å². The van der Waals surface area contributed by atoms with E-state index in [0.717, 1.165) is 25.7 Å². The van der Waals surface area contributed by atoms with E-state index in [0.29, 0.717) is 13.1 Å². The summed E-state index contributed by atoms with van der Waals surface area (Å²) in [5, 5.41) is 14.8. The van der Waals surface area contributed by atoms with Gasteiger partial charge in [0.05, 0.1) is 5.29 Å². The molecule has 5 nitrogen and oxygen atoms in total. The Hall–Kier alpha value is 0.320. The van der Waals surface area contributed by atoms with E-state index >= 15 is 0 Å². The van der Waals surface area contributed by atoms with E-state index in [1.807, 2.05) is 0 Å². The Bertz CT molecular complexity index is 140. The first-order chi connectivity index (χ1) is 5.84. The summed E-state index contributed by atoms with van der Waals surface area (Å²) in [6.45, 7) is 1.32. The summed E-state index contributed by atoms with van der Waals surface area (Å²) in [6, 6.07) is 0. The summed E-state index contributed by atoms with van der Waals surface area (Å²) in [5.41, 5.74) is 0. The fourth-order valence-corrected chi connectivity index (χ4v) is 1.45. The van der Waals surface area contributed by atoms with Crippen LogP contribution in [0, 0.1) is 10.1 Å². The Kier molecular flexibility index (Phi) is 7.89. The van der Waals surface area contributed by atoms with Crippen molar-refractivity contribution < 1.29 is 29.6 Å². The molecular formula is C7H14N3NaO2. The zero-order chi connectivity index (χ0) is 8.81. The maximum absolute atomic E-state index is 10.8. The van der Waals surface area contributed by atoms with Crippen molar-refractivity contribution in [3.63, 3.8) is 0 Å². The number of hydrogen-bond acceptors (Lipinski definition) is 4. The second-order valence-corrected chi connectivity index (χ2v) is 3.06. The van der Waals surface area contributed by atoms with Crippen LogP contribution >= 0.6 is 0 Å². The van der Waals surface area contributed by atoms with E-state index in [9.17, 15) is 10.1 Å². The van der Waals surface area contributed by atoms with Crippen LogP contribution in [-0.4, -0.2) is 23.4 Å². The van der Waals surface area contributed by atoms with Crippen LogP contribution in [0.1, 0.15) is 32.1 Å². The number of nitroso groups, excluding NO2 is 1. The van der Waals surface area contributed by atoms with Gasteiger partial charge in [-0.25, -0.2) is 5.01 Å².